The fraction of sp³-hybridized carbons (Fsp3) is 0.118. The molecule has 3 rings (SSSR count). The van der Waals surface area contributed by atoms with E-state index in [2.05, 4.69) is 0 Å². The zero-order valence-electron chi connectivity index (χ0n) is 12.3. The molecule has 2 aromatic rings. The third kappa shape index (κ3) is 2.29. The lowest BCUT2D eigenvalue weighted by molar-refractivity contribution is -0.170. The molecule has 0 heterocycles. The van der Waals surface area contributed by atoms with Crippen molar-refractivity contribution in [3.63, 3.8) is 0 Å². The summed E-state index contributed by atoms with van der Waals surface area (Å²) in [7, 11) is 0.920. The van der Waals surface area contributed by atoms with Crippen molar-refractivity contribution < 1.29 is 27.6 Å². The number of carbonyl (C=O) groups is 3. The van der Waals surface area contributed by atoms with Crippen molar-refractivity contribution in [2.24, 2.45) is 0 Å². The van der Waals surface area contributed by atoms with Crippen molar-refractivity contribution in [2.75, 3.05) is 11.9 Å². The van der Waals surface area contributed by atoms with Gasteiger partial charge in [-0.2, -0.15) is 13.2 Å². The third-order valence-corrected chi connectivity index (χ3v) is 3.84. The van der Waals surface area contributed by atoms with Gasteiger partial charge in [0.25, 0.3) is 0 Å². The highest BCUT2D eigenvalue weighted by molar-refractivity contribution is 6.30. The number of amides is 1. The summed E-state index contributed by atoms with van der Waals surface area (Å²) >= 11 is 0. The molecule has 1 aliphatic carbocycles. The van der Waals surface area contributed by atoms with E-state index in [1.54, 1.807) is 12.1 Å². The van der Waals surface area contributed by atoms with Gasteiger partial charge in [-0.1, -0.05) is 36.4 Å². The molecule has 122 valence electrons. The number of halogens is 3. The lowest BCUT2D eigenvalue weighted by atomic mass is 9.83. The standard InChI is InChI=1S/C17H10F3NO3/c1-21(16(24)17(18,19)20)12-8-4-7-11-13(12)15(23)10-6-3-2-5-9(10)14(11)22/h2-8H,1H3. The Kier molecular flexibility index (Phi) is 3.51. The van der Waals surface area contributed by atoms with E-state index in [4.69, 9.17) is 0 Å². The summed E-state index contributed by atoms with van der Waals surface area (Å²) in [4.78, 5) is 37.0. The topological polar surface area (TPSA) is 54.5 Å². The summed E-state index contributed by atoms with van der Waals surface area (Å²) < 4.78 is 38.1. The number of hydrogen-bond donors (Lipinski definition) is 0. The maximum Gasteiger partial charge on any atom is 0.471 e. The van der Waals surface area contributed by atoms with E-state index in [-0.39, 0.29) is 27.9 Å². The second-order valence-corrected chi connectivity index (χ2v) is 5.27. The van der Waals surface area contributed by atoms with Gasteiger partial charge in [-0.15, -0.1) is 0 Å². The smallest absolute Gasteiger partial charge is 0.307 e. The van der Waals surface area contributed by atoms with Crippen molar-refractivity contribution >= 4 is 23.2 Å². The number of fused-ring (bicyclic) bond motifs is 2. The number of alkyl halides is 3. The number of anilines is 1. The predicted octanol–water partition coefficient (Wildman–Crippen LogP) is 2.99. The van der Waals surface area contributed by atoms with Crippen LogP contribution in [0.3, 0.4) is 0 Å². The molecule has 0 unspecified atom stereocenters. The molecule has 0 fully saturated rings. The second kappa shape index (κ2) is 5.30. The van der Waals surface area contributed by atoms with E-state index in [9.17, 15) is 27.6 Å². The van der Waals surface area contributed by atoms with Crippen LogP contribution in [-0.4, -0.2) is 30.7 Å². The molecule has 2 aromatic carbocycles. The van der Waals surface area contributed by atoms with Crippen molar-refractivity contribution in [1.82, 2.24) is 0 Å². The van der Waals surface area contributed by atoms with Gasteiger partial charge in [0.2, 0.25) is 0 Å². The maximum atomic E-state index is 12.7. The molecule has 4 nitrogen and oxygen atoms in total. The van der Waals surface area contributed by atoms with E-state index in [1.165, 1.54) is 30.3 Å². The number of carbonyl (C=O) groups excluding carboxylic acids is 3. The minimum atomic E-state index is -5.09. The molecule has 0 aliphatic heterocycles. The summed E-state index contributed by atoms with van der Waals surface area (Å²) in [5.74, 6) is -3.16. The van der Waals surface area contributed by atoms with Crippen LogP contribution in [0.15, 0.2) is 42.5 Å². The minimum absolute atomic E-state index is 0.0157. The van der Waals surface area contributed by atoms with E-state index in [1.807, 2.05) is 0 Å². The molecule has 7 heteroatoms. The summed E-state index contributed by atoms with van der Waals surface area (Å²) in [6.07, 6.45) is -5.09. The van der Waals surface area contributed by atoms with Gasteiger partial charge >= 0.3 is 12.1 Å². The fourth-order valence-corrected chi connectivity index (χ4v) is 2.71. The van der Waals surface area contributed by atoms with Gasteiger partial charge in [0.15, 0.2) is 11.6 Å². The molecule has 0 bridgehead atoms. The Hall–Kier alpha value is -2.96. The van der Waals surface area contributed by atoms with Gasteiger partial charge in [-0.25, -0.2) is 0 Å². The highest BCUT2D eigenvalue weighted by atomic mass is 19.4. The summed E-state index contributed by atoms with van der Waals surface area (Å²) in [5, 5.41) is 0. The number of ketones is 2. The van der Waals surface area contributed by atoms with Crippen LogP contribution < -0.4 is 4.90 Å². The molecule has 0 atom stereocenters. The SMILES string of the molecule is CN(C(=O)C(F)(F)F)c1cccc2c1C(=O)c1ccccc1C2=O. The third-order valence-electron chi connectivity index (χ3n) is 3.84. The molecule has 0 saturated carbocycles. The van der Waals surface area contributed by atoms with Crippen LogP contribution in [0, 0.1) is 0 Å². The van der Waals surface area contributed by atoms with E-state index in [0.717, 1.165) is 7.05 Å². The zero-order valence-corrected chi connectivity index (χ0v) is 12.3. The summed E-state index contributed by atoms with van der Waals surface area (Å²) in [5.41, 5.74) is -0.158. The molecule has 0 saturated heterocycles. The predicted molar refractivity (Wildman–Crippen MR) is 79.2 cm³/mol. The Bertz CT molecular complexity index is 887. The highest BCUT2D eigenvalue weighted by Crippen LogP contribution is 2.34. The molecule has 0 radical (unpaired) electrons. The average molecular weight is 333 g/mol. The van der Waals surface area contributed by atoms with Crippen LogP contribution >= 0.6 is 0 Å². The van der Waals surface area contributed by atoms with E-state index >= 15 is 0 Å². The normalized spacial score (nSPS) is 13.3. The van der Waals surface area contributed by atoms with Crippen molar-refractivity contribution in [3.05, 3.63) is 64.7 Å². The van der Waals surface area contributed by atoms with Crippen LogP contribution in [0.1, 0.15) is 31.8 Å². The van der Waals surface area contributed by atoms with Crippen LogP contribution in [0.25, 0.3) is 0 Å². The molecule has 0 spiro atoms. The van der Waals surface area contributed by atoms with Crippen LogP contribution in [-0.2, 0) is 4.79 Å². The Morgan fingerprint density at radius 1 is 0.875 bits per heavy atom. The summed E-state index contributed by atoms with van der Waals surface area (Å²) in [6.45, 7) is 0. The van der Waals surface area contributed by atoms with Crippen LogP contribution in [0.5, 0.6) is 0 Å². The maximum absolute atomic E-state index is 12.7. The minimum Gasteiger partial charge on any atom is -0.307 e. The lowest BCUT2D eigenvalue weighted by Gasteiger charge is -2.25. The van der Waals surface area contributed by atoms with Gasteiger partial charge in [0, 0.05) is 23.7 Å². The number of nitrogens with zero attached hydrogens (tertiary/aromatic N) is 1. The Morgan fingerprint density at radius 2 is 1.42 bits per heavy atom. The molecular weight excluding hydrogens is 323 g/mol. The quantitative estimate of drug-likeness (QED) is 0.688. The first kappa shape index (κ1) is 15.9. The highest BCUT2D eigenvalue weighted by Gasteiger charge is 2.43. The molecule has 1 amide bonds. The van der Waals surface area contributed by atoms with Crippen molar-refractivity contribution in [1.29, 1.82) is 0 Å². The van der Waals surface area contributed by atoms with E-state index < -0.39 is 23.6 Å². The molecule has 24 heavy (non-hydrogen) atoms. The van der Waals surface area contributed by atoms with Gasteiger partial charge in [0.05, 0.1) is 11.3 Å². The van der Waals surface area contributed by atoms with Gasteiger partial charge < -0.3 is 4.90 Å². The molecule has 0 N–H and O–H groups in total. The zero-order chi connectivity index (χ0) is 17.6. The first-order chi connectivity index (χ1) is 11.2. The molecule has 0 aromatic heterocycles. The first-order valence-electron chi connectivity index (χ1n) is 6.90. The fourth-order valence-electron chi connectivity index (χ4n) is 2.71. The molecular formula is C17H10F3NO3. The monoisotopic (exact) mass is 333 g/mol. The van der Waals surface area contributed by atoms with Gasteiger partial charge in [0.1, 0.15) is 0 Å². The summed E-state index contributed by atoms with van der Waals surface area (Å²) in [6, 6.07) is 9.98. The van der Waals surface area contributed by atoms with Crippen molar-refractivity contribution in [2.45, 2.75) is 6.18 Å². The Balaban J connectivity index is 2.19. The van der Waals surface area contributed by atoms with Crippen LogP contribution in [0.4, 0.5) is 18.9 Å². The number of rotatable bonds is 1. The number of hydrogen-bond acceptors (Lipinski definition) is 3. The Labute approximate surface area is 134 Å². The second-order valence-electron chi connectivity index (χ2n) is 5.27. The van der Waals surface area contributed by atoms with E-state index in [0.29, 0.717) is 4.90 Å². The molecule has 1 aliphatic rings. The van der Waals surface area contributed by atoms with Crippen molar-refractivity contribution in [3.8, 4) is 0 Å². The largest absolute Gasteiger partial charge is 0.471 e. The first-order valence-corrected chi connectivity index (χ1v) is 6.90. The lowest BCUT2D eigenvalue weighted by Crippen LogP contribution is -2.39. The Morgan fingerprint density at radius 3 is 2.00 bits per heavy atom. The van der Waals surface area contributed by atoms with Crippen LogP contribution in [0.2, 0.25) is 0 Å². The van der Waals surface area contributed by atoms with Gasteiger partial charge in [-0.05, 0) is 6.07 Å². The average Bonchev–Trinajstić information content (AvgIpc) is 2.57. The number of benzene rings is 2. The van der Waals surface area contributed by atoms with Gasteiger partial charge in [-0.3, -0.25) is 14.4 Å².